The van der Waals surface area contributed by atoms with Crippen LogP contribution in [0.5, 0.6) is 0 Å². The fourth-order valence-electron chi connectivity index (χ4n) is 2.49. The summed E-state index contributed by atoms with van der Waals surface area (Å²) in [5.74, 6) is 0.412. The molecule has 5 nitrogen and oxygen atoms in total. The van der Waals surface area contributed by atoms with Crippen LogP contribution in [0.15, 0.2) is 44.3 Å². The third kappa shape index (κ3) is 2.78. The summed E-state index contributed by atoms with van der Waals surface area (Å²) in [6.45, 7) is 0.00947. The highest BCUT2D eigenvalue weighted by Crippen LogP contribution is 2.34. The van der Waals surface area contributed by atoms with Crippen molar-refractivity contribution in [3.05, 3.63) is 51.9 Å². The van der Waals surface area contributed by atoms with E-state index in [-0.39, 0.29) is 27.9 Å². The van der Waals surface area contributed by atoms with Crippen molar-refractivity contribution < 1.29 is 17.9 Å². The van der Waals surface area contributed by atoms with Gasteiger partial charge in [0.15, 0.2) is 4.67 Å². The fraction of sp³-hybridized carbons (Fsp3) is 0.286. The molecule has 1 aliphatic rings. The summed E-state index contributed by atoms with van der Waals surface area (Å²) in [6.07, 6.45) is 0.882. The van der Waals surface area contributed by atoms with E-state index in [0.29, 0.717) is 6.54 Å². The number of benzene rings is 1. The first-order valence-corrected chi connectivity index (χ1v) is 8.75. The molecular weight excluding hydrogens is 358 g/mol. The zero-order valence-electron chi connectivity index (χ0n) is 11.0. The summed E-state index contributed by atoms with van der Waals surface area (Å²) in [5.41, 5.74) is 2.47. The molecule has 1 aromatic heterocycles. The van der Waals surface area contributed by atoms with E-state index in [4.69, 9.17) is 9.52 Å². The molecule has 112 valence electrons. The van der Waals surface area contributed by atoms with Gasteiger partial charge in [-0.1, -0.05) is 24.3 Å². The lowest BCUT2D eigenvalue weighted by atomic mass is 9.78. The SMILES string of the molecule is O=S(=O)(NCC1Cc2ccccc21)c1cc(CO)oc1Br. The highest BCUT2D eigenvalue weighted by atomic mass is 79.9. The Kier molecular flexibility index (Phi) is 3.92. The number of hydrogen-bond donors (Lipinski definition) is 2. The monoisotopic (exact) mass is 371 g/mol. The highest BCUT2D eigenvalue weighted by molar-refractivity contribution is 9.10. The van der Waals surface area contributed by atoms with Crippen molar-refractivity contribution >= 4 is 26.0 Å². The largest absolute Gasteiger partial charge is 0.450 e. The standard InChI is InChI=1S/C14H14BrNO4S/c15-14-13(6-11(8-17)20-14)21(18,19)16-7-10-5-9-3-1-2-4-12(9)10/h1-4,6,10,16-17H,5,7-8H2. The van der Waals surface area contributed by atoms with Crippen LogP contribution < -0.4 is 4.72 Å². The second-order valence-corrected chi connectivity index (χ2v) is 7.42. The van der Waals surface area contributed by atoms with Crippen LogP contribution in [-0.2, 0) is 23.1 Å². The van der Waals surface area contributed by atoms with Crippen molar-refractivity contribution in [2.45, 2.75) is 23.8 Å². The van der Waals surface area contributed by atoms with Crippen molar-refractivity contribution in [2.24, 2.45) is 0 Å². The van der Waals surface area contributed by atoms with Gasteiger partial charge in [-0.25, -0.2) is 13.1 Å². The molecule has 21 heavy (non-hydrogen) atoms. The molecule has 0 bridgehead atoms. The minimum atomic E-state index is -3.66. The molecule has 0 saturated carbocycles. The van der Waals surface area contributed by atoms with Crippen LogP contribution in [0.25, 0.3) is 0 Å². The summed E-state index contributed by atoms with van der Waals surface area (Å²) in [6, 6.07) is 9.34. The Morgan fingerprint density at radius 1 is 1.38 bits per heavy atom. The maximum Gasteiger partial charge on any atom is 0.244 e. The molecular formula is C14H14BrNO4S. The summed E-state index contributed by atoms with van der Waals surface area (Å²) >= 11 is 3.06. The van der Waals surface area contributed by atoms with Crippen LogP contribution in [0.3, 0.4) is 0 Å². The molecule has 1 aliphatic carbocycles. The number of nitrogens with one attached hydrogen (secondary N) is 1. The van der Waals surface area contributed by atoms with Crippen molar-refractivity contribution in [3.63, 3.8) is 0 Å². The third-order valence-corrected chi connectivity index (χ3v) is 5.91. The number of halogens is 1. The van der Waals surface area contributed by atoms with E-state index in [9.17, 15) is 8.42 Å². The first-order chi connectivity index (χ1) is 10.0. The quantitative estimate of drug-likeness (QED) is 0.843. The van der Waals surface area contributed by atoms with Gasteiger partial charge in [0.2, 0.25) is 10.0 Å². The van der Waals surface area contributed by atoms with Crippen LogP contribution in [0.4, 0.5) is 0 Å². The lowest BCUT2D eigenvalue weighted by Crippen LogP contribution is -2.33. The first kappa shape index (κ1) is 14.8. The minimum absolute atomic E-state index is 0.0131. The molecule has 1 heterocycles. The van der Waals surface area contributed by atoms with Crippen LogP contribution in [-0.4, -0.2) is 20.1 Å². The fourth-order valence-corrected chi connectivity index (χ4v) is 4.57. The van der Waals surface area contributed by atoms with Gasteiger partial charge in [-0.15, -0.1) is 0 Å². The van der Waals surface area contributed by atoms with E-state index in [2.05, 4.69) is 26.7 Å². The van der Waals surface area contributed by atoms with Gasteiger partial charge in [0, 0.05) is 18.5 Å². The van der Waals surface area contributed by atoms with Crippen LogP contribution in [0.1, 0.15) is 22.8 Å². The number of furan rings is 1. The average Bonchev–Trinajstić information content (AvgIpc) is 2.82. The number of aliphatic hydroxyl groups is 1. The van der Waals surface area contributed by atoms with E-state index in [1.165, 1.54) is 17.2 Å². The van der Waals surface area contributed by atoms with Gasteiger partial charge in [0.1, 0.15) is 17.3 Å². The minimum Gasteiger partial charge on any atom is -0.450 e. The second-order valence-electron chi connectivity index (χ2n) is 4.96. The lowest BCUT2D eigenvalue weighted by molar-refractivity contribution is 0.245. The molecule has 0 spiro atoms. The average molecular weight is 372 g/mol. The predicted molar refractivity (Wildman–Crippen MR) is 80.4 cm³/mol. The Hall–Kier alpha value is -1.15. The van der Waals surface area contributed by atoms with Crippen molar-refractivity contribution in [3.8, 4) is 0 Å². The summed E-state index contributed by atoms with van der Waals surface area (Å²) in [5, 5.41) is 8.99. The third-order valence-electron chi connectivity index (χ3n) is 3.63. The van der Waals surface area contributed by atoms with Gasteiger partial charge in [0.05, 0.1) is 0 Å². The van der Waals surface area contributed by atoms with Crippen molar-refractivity contribution in [2.75, 3.05) is 6.54 Å². The number of sulfonamides is 1. The van der Waals surface area contributed by atoms with Crippen LogP contribution >= 0.6 is 15.9 Å². The van der Waals surface area contributed by atoms with E-state index in [0.717, 1.165) is 6.42 Å². The van der Waals surface area contributed by atoms with E-state index in [1.807, 2.05) is 18.2 Å². The second kappa shape index (κ2) is 5.57. The molecule has 1 aromatic carbocycles. The maximum absolute atomic E-state index is 12.3. The topological polar surface area (TPSA) is 79.5 Å². The first-order valence-electron chi connectivity index (χ1n) is 6.48. The summed E-state index contributed by atoms with van der Waals surface area (Å²) < 4.78 is 32.3. The molecule has 0 fully saturated rings. The lowest BCUT2D eigenvalue weighted by Gasteiger charge is -2.30. The molecule has 0 radical (unpaired) electrons. The van der Waals surface area contributed by atoms with Crippen LogP contribution in [0, 0.1) is 0 Å². The predicted octanol–water partition coefficient (Wildman–Crippen LogP) is 2.15. The van der Waals surface area contributed by atoms with Gasteiger partial charge in [-0.3, -0.25) is 0 Å². The van der Waals surface area contributed by atoms with E-state index < -0.39 is 10.0 Å². The Morgan fingerprint density at radius 3 is 2.81 bits per heavy atom. The smallest absolute Gasteiger partial charge is 0.244 e. The summed E-state index contributed by atoms with van der Waals surface area (Å²) in [7, 11) is -3.66. The van der Waals surface area contributed by atoms with Gasteiger partial charge < -0.3 is 9.52 Å². The number of aliphatic hydroxyl groups excluding tert-OH is 1. The zero-order chi connectivity index (χ0) is 15.0. The number of hydrogen-bond acceptors (Lipinski definition) is 4. The van der Waals surface area contributed by atoms with Crippen molar-refractivity contribution in [1.82, 2.24) is 4.72 Å². The molecule has 1 unspecified atom stereocenters. The van der Waals surface area contributed by atoms with Gasteiger partial charge in [0.25, 0.3) is 0 Å². The molecule has 1 atom stereocenters. The highest BCUT2D eigenvalue weighted by Gasteiger charge is 2.28. The number of rotatable bonds is 5. The summed E-state index contributed by atoms with van der Waals surface area (Å²) in [4.78, 5) is 0.0131. The Bertz CT molecular complexity index is 769. The Morgan fingerprint density at radius 2 is 2.14 bits per heavy atom. The van der Waals surface area contributed by atoms with Crippen LogP contribution in [0.2, 0.25) is 0 Å². The van der Waals surface area contributed by atoms with E-state index >= 15 is 0 Å². The zero-order valence-corrected chi connectivity index (χ0v) is 13.4. The molecule has 2 N–H and O–H groups in total. The molecule has 3 rings (SSSR count). The molecule has 0 aliphatic heterocycles. The van der Waals surface area contributed by atoms with E-state index in [1.54, 1.807) is 0 Å². The number of fused-ring (bicyclic) bond motifs is 1. The molecule has 2 aromatic rings. The van der Waals surface area contributed by atoms with Gasteiger partial charge >= 0.3 is 0 Å². The molecule has 0 saturated heterocycles. The maximum atomic E-state index is 12.3. The van der Waals surface area contributed by atoms with Crippen molar-refractivity contribution in [1.29, 1.82) is 0 Å². The van der Waals surface area contributed by atoms with Gasteiger partial charge in [-0.2, -0.15) is 0 Å². The molecule has 7 heteroatoms. The van der Waals surface area contributed by atoms with Gasteiger partial charge in [-0.05, 0) is 33.5 Å². The Labute approximate surface area is 131 Å². The Balaban J connectivity index is 1.72. The normalized spacial score (nSPS) is 17.3. The molecule has 0 amide bonds.